The molecule has 1 rings (SSSR count). The normalized spacial score (nSPS) is 12.4. The first-order valence-corrected chi connectivity index (χ1v) is 7.25. The third-order valence-electron chi connectivity index (χ3n) is 3.30. The van der Waals surface area contributed by atoms with E-state index in [4.69, 9.17) is 5.73 Å². The van der Waals surface area contributed by atoms with Crippen LogP contribution in [0.2, 0.25) is 0 Å². The molecule has 4 heteroatoms. The molecule has 0 spiro atoms. The Morgan fingerprint density at radius 1 is 1.30 bits per heavy atom. The number of hydrogen-bond donors (Lipinski definition) is 2. The first kappa shape index (κ1) is 16.7. The van der Waals surface area contributed by atoms with Gasteiger partial charge in [-0.2, -0.15) is 0 Å². The quantitative estimate of drug-likeness (QED) is 0.767. The van der Waals surface area contributed by atoms with E-state index in [1.165, 1.54) is 0 Å². The Kier molecular flexibility index (Phi) is 7.26. The van der Waals surface area contributed by atoms with Crippen LogP contribution in [0, 0.1) is 5.92 Å². The van der Waals surface area contributed by atoms with Crippen molar-refractivity contribution in [1.29, 1.82) is 0 Å². The van der Waals surface area contributed by atoms with Gasteiger partial charge in [-0.3, -0.25) is 4.79 Å². The molecule has 112 valence electrons. The molecule has 0 aliphatic rings. The largest absolute Gasteiger partial charge is 0.330 e. The molecule has 20 heavy (non-hydrogen) atoms. The summed E-state index contributed by atoms with van der Waals surface area (Å²) in [5.74, 6) is 0.586. The Morgan fingerprint density at radius 2 is 2.00 bits per heavy atom. The molecule has 1 atom stereocenters. The Balaban J connectivity index is 2.53. The summed E-state index contributed by atoms with van der Waals surface area (Å²) in [7, 11) is 4.04. The third-order valence-corrected chi connectivity index (χ3v) is 3.30. The summed E-state index contributed by atoms with van der Waals surface area (Å²) >= 11 is 0. The standard InChI is InChI=1S/C16H27N3O/c1-13(10-11-17)8-9-16(20)18-15-7-5-4-6-14(15)12-19(2)3/h4-7,13H,8-12,17H2,1-3H3,(H,18,20). The maximum atomic E-state index is 12.0. The van der Waals surface area contributed by atoms with Crippen LogP contribution in [-0.2, 0) is 11.3 Å². The lowest BCUT2D eigenvalue weighted by atomic mass is 10.0. The highest BCUT2D eigenvalue weighted by Crippen LogP contribution is 2.17. The van der Waals surface area contributed by atoms with Gasteiger partial charge in [0, 0.05) is 18.7 Å². The number of para-hydroxylation sites is 1. The number of nitrogens with two attached hydrogens (primary N) is 1. The molecule has 0 heterocycles. The number of hydrogen-bond acceptors (Lipinski definition) is 3. The van der Waals surface area contributed by atoms with E-state index < -0.39 is 0 Å². The topological polar surface area (TPSA) is 58.4 Å². The van der Waals surface area contributed by atoms with Gasteiger partial charge in [-0.1, -0.05) is 25.1 Å². The van der Waals surface area contributed by atoms with Crippen LogP contribution in [0.4, 0.5) is 5.69 Å². The first-order valence-electron chi connectivity index (χ1n) is 7.25. The van der Waals surface area contributed by atoms with Gasteiger partial charge in [0.1, 0.15) is 0 Å². The highest BCUT2D eigenvalue weighted by atomic mass is 16.1. The van der Waals surface area contributed by atoms with Crippen molar-refractivity contribution < 1.29 is 4.79 Å². The van der Waals surface area contributed by atoms with Gasteiger partial charge in [-0.15, -0.1) is 0 Å². The van der Waals surface area contributed by atoms with Crippen molar-refractivity contribution >= 4 is 11.6 Å². The number of carbonyl (C=O) groups is 1. The van der Waals surface area contributed by atoms with E-state index in [2.05, 4.69) is 17.1 Å². The number of amides is 1. The van der Waals surface area contributed by atoms with Crippen molar-refractivity contribution in [2.45, 2.75) is 32.7 Å². The van der Waals surface area contributed by atoms with Gasteiger partial charge in [-0.25, -0.2) is 0 Å². The fourth-order valence-corrected chi connectivity index (χ4v) is 2.14. The van der Waals surface area contributed by atoms with E-state index in [0.717, 1.165) is 30.6 Å². The van der Waals surface area contributed by atoms with E-state index in [1.807, 2.05) is 38.4 Å². The molecule has 1 aromatic rings. The zero-order valence-electron chi connectivity index (χ0n) is 12.9. The summed E-state index contributed by atoms with van der Waals surface area (Å²) in [6, 6.07) is 7.95. The summed E-state index contributed by atoms with van der Waals surface area (Å²) in [4.78, 5) is 14.1. The van der Waals surface area contributed by atoms with Gasteiger partial charge in [0.05, 0.1) is 0 Å². The van der Waals surface area contributed by atoms with Gasteiger partial charge in [-0.05, 0) is 51.0 Å². The molecular weight excluding hydrogens is 250 g/mol. The molecule has 0 fully saturated rings. The molecule has 0 saturated heterocycles. The molecule has 4 nitrogen and oxygen atoms in total. The Bertz CT molecular complexity index is 418. The fourth-order valence-electron chi connectivity index (χ4n) is 2.14. The lowest BCUT2D eigenvalue weighted by Gasteiger charge is -2.15. The molecule has 0 aliphatic carbocycles. The van der Waals surface area contributed by atoms with E-state index >= 15 is 0 Å². The van der Waals surface area contributed by atoms with Gasteiger partial charge < -0.3 is 16.0 Å². The van der Waals surface area contributed by atoms with Crippen LogP contribution in [0.1, 0.15) is 31.7 Å². The summed E-state index contributed by atoms with van der Waals surface area (Å²) < 4.78 is 0. The minimum absolute atomic E-state index is 0.0834. The average molecular weight is 277 g/mol. The minimum atomic E-state index is 0.0834. The molecule has 0 saturated carbocycles. The number of rotatable bonds is 8. The number of benzene rings is 1. The van der Waals surface area contributed by atoms with Gasteiger partial charge in [0.2, 0.25) is 5.91 Å². The minimum Gasteiger partial charge on any atom is -0.330 e. The van der Waals surface area contributed by atoms with E-state index in [1.54, 1.807) is 0 Å². The molecule has 0 aromatic heterocycles. The predicted octanol–water partition coefficient (Wildman–Crippen LogP) is 2.45. The lowest BCUT2D eigenvalue weighted by Crippen LogP contribution is -2.17. The number of carbonyl (C=O) groups excluding carboxylic acids is 1. The zero-order valence-corrected chi connectivity index (χ0v) is 12.9. The van der Waals surface area contributed by atoms with E-state index in [-0.39, 0.29) is 5.91 Å². The fraction of sp³-hybridized carbons (Fsp3) is 0.562. The number of nitrogens with zero attached hydrogens (tertiary/aromatic N) is 1. The SMILES string of the molecule is CC(CCN)CCC(=O)Nc1ccccc1CN(C)C. The van der Waals surface area contributed by atoms with Crippen LogP contribution in [0.25, 0.3) is 0 Å². The zero-order chi connectivity index (χ0) is 15.0. The van der Waals surface area contributed by atoms with Crippen LogP contribution in [0.15, 0.2) is 24.3 Å². The Labute approximate surface area is 122 Å². The number of anilines is 1. The maximum Gasteiger partial charge on any atom is 0.224 e. The van der Waals surface area contributed by atoms with Crippen LogP contribution >= 0.6 is 0 Å². The first-order chi connectivity index (χ1) is 9.52. The molecule has 1 unspecified atom stereocenters. The second-order valence-corrected chi connectivity index (χ2v) is 5.66. The second kappa shape index (κ2) is 8.72. The molecular formula is C16H27N3O. The summed E-state index contributed by atoms with van der Waals surface area (Å²) in [5.41, 5.74) is 7.57. The maximum absolute atomic E-state index is 12.0. The smallest absolute Gasteiger partial charge is 0.224 e. The molecule has 0 radical (unpaired) electrons. The van der Waals surface area contributed by atoms with Crippen LogP contribution < -0.4 is 11.1 Å². The van der Waals surface area contributed by atoms with Crippen molar-refractivity contribution in [3.05, 3.63) is 29.8 Å². The molecule has 1 aromatic carbocycles. The summed E-state index contributed by atoms with van der Waals surface area (Å²) in [6.07, 6.45) is 2.42. The molecule has 0 bridgehead atoms. The van der Waals surface area contributed by atoms with Crippen molar-refractivity contribution in [3.8, 4) is 0 Å². The van der Waals surface area contributed by atoms with Crippen LogP contribution in [-0.4, -0.2) is 31.4 Å². The van der Waals surface area contributed by atoms with Gasteiger partial charge in [0.15, 0.2) is 0 Å². The molecule has 1 amide bonds. The van der Waals surface area contributed by atoms with E-state index in [0.29, 0.717) is 18.9 Å². The average Bonchev–Trinajstić information content (AvgIpc) is 2.38. The van der Waals surface area contributed by atoms with Crippen molar-refractivity contribution in [3.63, 3.8) is 0 Å². The monoisotopic (exact) mass is 277 g/mol. The third kappa shape index (κ3) is 6.17. The van der Waals surface area contributed by atoms with Crippen molar-refractivity contribution in [2.24, 2.45) is 11.7 Å². The highest BCUT2D eigenvalue weighted by molar-refractivity contribution is 5.91. The Hall–Kier alpha value is -1.39. The van der Waals surface area contributed by atoms with Crippen molar-refractivity contribution in [2.75, 3.05) is 26.0 Å². The Morgan fingerprint density at radius 3 is 2.65 bits per heavy atom. The van der Waals surface area contributed by atoms with Crippen LogP contribution in [0.3, 0.4) is 0 Å². The summed E-state index contributed by atoms with van der Waals surface area (Å²) in [6.45, 7) is 3.65. The molecule has 3 N–H and O–H groups in total. The number of nitrogens with one attached hydrogen (secondary N) is 1. The second-order valence-electron chi connectivity index (χ2n) is 5.66. The van der Waals surface area contributed by atoms with Gasteiger partial charge in [0.25, 0.3) is 0 Å². The highest BCUT2D eigenvalue weighted by Gasteiger charge is 2.09. The van der Waals surface area contributed by atoms with Crippen molar-refractivity contribution in [1.82, 2.24) is 4.90 Å². The van der Waals surface area contributed by atoms with E-state index in [9.17, 15) is 4.79 Å². The predicted molar refractivity (Wildman–Crippen MR) is 84.5 cm³/mol. The lowest BCUT2D eigenvalue weighted by molar-refractivity contribution is -0.116. The molecule has 0 aliphatic heterocycles. The summed E-state index contributed by atoms with van der Waals surface area (Å²) in [5, 5.41) is 3.02. The van der Waals surface area contributed by atoms with Gasteiger partial charge >= 0.3 is 0 Å². The van der Waals surface area contributed by atoms with Crippen LogP contribution in [0.5, 0.6) is 0 Å².